The van der Waals surface area contributed by atoms with Crippen molar-refractivity contribution in [1.82, 2.24) is 25.5 Å². The minimum absolute atomic E-state index is 0.154. The fourth-order valence-electron chi connectivity index (χ4n) is 2.17. The van der Waals surface area contributed by atoms with Crippen molar-refractivity contribution in [3.05, 3.63) is 18.2 Å². The number of amides is 4. The van der Waals surface area contributed by atoms with Gasteiger partial charge in [0.2, 0.25) is 0 Å². The van der Waals surface area contributed by atoms with Crippen LogP contribution in [0.3, 0.4) is 0 Å². The van der Waals surface area contributed by atoms with Crippen LogP contribution in [-0.2, 0) is 22.1 Å². The third-order valence-electron chi connectivity index (χ3n) is 3.09. The van der Waals surface area contributed by atoms with E-state index in [1.54, 1.807) is 32.4 Å². The van der Waals surface area contributed by atoms with Gasteiger partial charge in [0.25, 0.3) is 5.91 Å². The number of rotatable bonds is 3. The standard InChI is InChI=1S/C13H19N5O4/c1-12(2,3)22-11(21)15-6-13(8-5-14-7-18(8)4)9(19)16-10(20)17-13/h5,7H,6H2,1-4H3,(H,15,21)(H2,16,17,19,20). The van der Waals surface area contributed by atoms with Crippen molar-refractivity contribution in [3.8, 4) is 0 Å². The molecule has 9 nitrogen and oxygen atoms in total. The second kappa shape index (κ2) is 5.32. The SMILES string of the molecule is Cn1cncc1C1(CNC(=O)OC(C)(C)C)NC(=O)NC1=O. The van der Waals surface area contributed by atoms with Gasteiger partial charge in [0, 0.05) is 7.05 Å². The maximum Gasteiger partial charge on any atom is 0.407 e. The lowest BCUT2D eigenvalue weighted by molar-refractivity contribution is -0.124. The molecule has 1 aromatic rings. The van der Waals surface area contributed by atoms with Crippen molar-refractivity contribution in [2.24, 2.45) is 7.05 Å². The lowest BCUT2D eigenvalue weighted by Gasteiger charge is -2.27. The van der Waals surface area contributed by atoms with Crippen LogP contribution in [0.4, 0.5) is 9.59 Å². The van der Waals surface area contributed by atoms with Crippen LogP contribution in [0.2, 0.25) is 0 Å². The van der Waals surface area contributed by atoms with Gasteiger partial charge in [-0.05, 0) is 20.8 Å². The molecule has 1 aliphatic rings. The van der Waals surface area contributed by atoms with Crippen LogP contribution in [-0.4, -0.2) is 39.7 Å². The van der Waals surface area contributed by atoms with Crippen LogP contribution in [0.5, 0.6) is 0 Å². The number of ether oxygens (including phenoxy) is 1. The molecule has 1 aromatic heterocycles. The number of carbonyl (C=O) groups excluding carboxylic acids is 3. The summed E-state index contributed by atoms with van der Waals surface area (Å²) in [5, 5.41) is 7.23. The molecule has 1 fully saturated rings. The van der Waals surface area contributed by atoms with Gasteiger partial charge < -0.3 is 19.9 Å². The molecule has 1 aliphatic heterocycles. The smallest absolute Gasteiger partial charge is 0.407 e. The molecular weight excluding hydrogens is 290 g/mol. The zero-order valence-electron chi connectivity index (χ0n) is 12.9. The summed E-state index contributed by atoms with van der Waals surface area (Å²) in [7, 11) is 1.69. The Bertz CT molecular complexity index is 618. The average molecular weight is 309 g/mol. The Morgan fingerprint density at radius 1 is 1.45 bits per heavy atom. The van der Waals surface area contributed by atoms with Crippen molar-refractivity contribution in [2.45, 2.75) is 31.9 Å². The first-order chi connectivity index (χ1) is 10.1. The predicted octanol–water partition coefficient (Wildman–Crippen LogP) is -0.0205. The number of alkyl carbamates (subject to hydrolysis) is 1. The van der Waals surface area contributed by atoms with Gasteiger partial charge in [-0.25, -0.2) is 14.6 Å². The topological polar surface area (TPSA) is 114 Å². The molecule has 9 heteroatoms. The number of hydrogen-bond donors (Lipinski definition) is 3. The van der Waals surface area contributed by atoms with Gasteiger partial charge in [0.05, 0.1) is 24.8 Å². The first kappa shape index (κ1) is 15.8. The van der Waals surface area contributed by atoms with Crippen molar-refractivity contribution in [3.63, 3.8) is 0 Å². The quantitative estimate of drug-likeness (QED) is 0.679. The van der Waals surface area contributed by atoms with Crippen LogP contribution in [0.15, 0.2) is 12.5 Å². The Balaban J connectivity index is 2.21. The van der Waals surface area contributed by atoms with Crippen LogP contribution in [0.1, 0.15) is 26.5 Å². The summed E-state index contributed by atoms with van der Waals surface area (Å²) >= 11 is 0. The van der Waals surface area contributed by atoms with E-state index in [4.69, 9.17) is 4.74 Å². The summed E-state index contributed by atoms with van der Waals surface area (Å²) in [6, 6.07) is -0.628. The molecule has 1 saturated heterocycles. The van der Waals surface area contributed by atoms with E-state index in [1.807, 2.05) is 0 Å². The first-order valence-electron chi connectivity index (χ1n) is 6.71. The summed E-state index contributed by atoms with van der Waals surface area (Å²) in [6.45, 7) is 5.04. The average Bonchev–Trinajstić information content (AvgIpc) is 2.89. The molecule has 0 spiro atoms. The van der Waals surface area contributed by atoms with Gasteiger partial charge >= 0.3 is 12.1 Å². The Labute approximate surface area is 127 Å². The van der Waals surface area contributed by atoms with E-state index in [-0.39, 0.29) is 6.54 Å². The van der Waals surface area contributed by atoms with E-state index in [1.165, 1.54) is 12.5 Å². The molecule has 22 heavy (non-hydrogen) atoms. The molecule has 1 atom stereocenters. The molecule has 0 aliphatic carbocycles. The number of urea groups is 1. The molecule has 2 heterocycles. The van der Waals surface area contributed by atoms with Crippen molar-refractivity contribution in [2.75, 3.05) is 6.54 Å². The predicted molar refractivity (Wildman–Crippen MR) is 75.8 cm³/mol. The number of nitrogens with zero attached hydrogens (tertiary/aromatic N) is 2. The maximum absolute atomic E-state index is 12.2. The largest absolute Gasteiger partial charge is 0.444 e. The fourth-order valence-corrected chi connectivity index (χ4v) is 2.17. The summed E-state index contributed by atoms with van der Waals surface area (Å²) in [5.41, 5.74) is -1.63. The lowest BCUT2D eigenvalue weighted by atomic mass is 9.95. The molecule has 0 radical (unpaired) electrons. The highest BCUT2D eigenvalue weighted by atomic mass is 16.6. The highest BCUT2D eigenvalue weighted by Gasteiger charge is 2.50. The third-order valence-corrected chi connectivity index (χ3v) is 3.09. The Hall–Kier alpha value is -2.58. The van der Waals surface area contributed by atoms with Crippen molar-refractivity contribution < 1.29 is 19.1 Å². The summed E-state index contributed by atoms with van der Waals surface area (Å²) < 4.78 is 6.73. The fraction of sp³-hybridized carbons (Fsp3) is 0.538. The highest BCUT2D eigenvalue weighted by molar-refractivity contribution is 6.07. The van der Waals surface area contributed by atoms with E-state index >= 15 is 0 Å². The van der Waals surface area contributed by atoms with Crippen molar-refractivity contribution in [1.29, 1.82) is 0 Å². The van der Waals surface area contributed by atoms with Crippen molar-refractivity contribution >= 4 is 18.0 Å². The van der Waals surface area contributed by atoms with Crippen LogP contribution < -0.4 is 16.0 Å². The highest BCUT2D eigenvalue weighted by Crippen LogP contribution is 2.23. The number of imidazole rings is 1. The Morgan fingerprint density at radius 3 is 2.59 bits per heavy atom. The van der Waals surface area contributed by atoms with Crippen LogP contribution >= 0.6 is 0 Å². The van der Waals surface area contributed by atoms with E-state index in [9.17, 15) is 14.4 Å². The number of carbonyl (C=O) groups is 3. The van der Waals surface area contributed by atoms with Crippen LogP contribution in [0, 0.1) is 0 Å². The summed E-state index contributed by atoms with van der Waals surface area (Å²) in [5.74, 6) is -0.558. The second-order valence-corrected chi connectivity index (χ2v) is 6.06. The number of aryl methyl sites for hydroxylation is 1. The first-order valence-corrected chi connectivity index (χ1v) is 6.71. The molecule has 2 rings (SSSR count). The molecule has 120 valence electrons. The van der Waals surface area contributed by atoms with Gasteiger partial charge in [0.1, 0.15) is 5.60 Å². The summed E-state index contributed by atoms with van der Waals surface area (Å²) in [4.78, 5) is 39.5. The van der Waals surface area contributed by atoms with Gasteiger partial charge in [-0.1, -0.05) is 0 Å². The molecule has 3 N–H and O–H groups in total. The second-order valence-electron chi connectivity index (χ2n) is 6.06. The molecule has 0 aromatic carbocycles. The number of nitrogens with one attached hydrogen (secondary N) is 3. The zero-order valence-corrected chi connectivity index (χ0v) is 12.9. The third kappa shape index (κ3) is 3.02. The van der Waals surface area contributed by atoms with Gasteiger partial charge in [-0.15, -0.1) is 0 Å². The number of aromatic nitrogens is 2. The van der Waals surface area contributed by atoms with Crippen LogP contribution in [0.25, 0.3) is 0 Å². The Kier molecular flexibility index (Phi) is 3.82. The number of hydrogen-bond acceptors (Lipinski definition) is 5. The minimum atomic E-state index is -1.42. The maximum atomic E-state index is 12.2. The Morgan fingerprint density at radius 2 is 2.14 bits per heavy atom. The number of imide groups is 1. The normalized spacial score (nSPS) is 21.3. The minimum Gasteiger partial charge on any atom is -0.444 e. The molecule has 4 amide bonds. The van der Waals surface area contributed by atoms with E-state index in [0.29, 0.717) is 5.69 Å². The van der Waals surface area contributed by atoms with Gasteiger partial charge in [-0.2, -0.15) is 0 Å². The van der Waals surface area contributed by atoms with Gasteiger partial charge in [0.15, 0.2) is 5.54 Å². The summed E-state index contributed by atoms with van der Waals surface area (Å²) in [6.07, 6.45) is 2.28. The van der Waals surface area contributed by atoms with E-state index in [0.717, 1.165) is 0 Å². The monoisotopic (exact) mass is 309 g/mol. The lowest BCUT2D eigenvalue weighted by Crippen LogP contribution is -2.54. The zero-order chi connectivity index (χ0) is 16.5. The molecule has 0 saturated carbocycles. The molecule has 1 unspecified atom stereocenters. The van der Waals surface area contributed by atoms with E-state index < -0.39 is 29.2 Å². The molecule has 0 bridgehead atoms. The van der Waals surface area contributed by atoms with Gasteiger partial charge in [-0.3, -0.25) is 10.1 Å². The molecular formula is C13H19N5O4. The van der Waals surface area contributed by atoms with E-state index in [2.05, 4.69) is 20.9 Å².